The maximum Gasteiger partial charge on any atom is 0.225 e. The minimum atomic E-state index is -0.0942. The number of carbonyl (C=O) groups excluding carboxylic acids is 1. The van der Waals surface area contributed by atoms with Gasteiger partial charge in [0, 0.05) is 19.5 Å². The van der Waals surface area contributed by atoms with Crippen LogP contribution < -0.4 is 0 Å². The summed E-state index contributed by atoms with van der Waals surface area (Å²) >= 11 is 0. The number of para-hydroxylation sites is 2. The number of hydrogen-bond acceptors (Lipinski definition) is 4. The minimum Gasteiger partial charge on any atom is -0.377 e. The zero-order chi connectivity index (χ0) is 17.2. The van der Waals surface area contributed by atoms with E-state index in [9.17, 15) is 4.79 Å². The molecule has 1 aromatic carbocycles. The van der Waals surface area contributed by atoms with Crippen LogP contribution in [0.1, 0.15) is 23.7 Å². The van der Waals surface area contributed by atoms with Gasteiger partial charge >= 0.3 is 0 Å². The first-order valence-corrected chi connectivity index (χ1v) is 8.51. The van der Waals surface area contributed by atoms with Crippen molar-refractivity contribution < 1.29 is 9.53 Å². The maximum atomic E-state index is 12.8. The standard InChI is InChI=1S/C18H21N5O2/c1-13-10-20-21-18(13)16-11-25-9-8-23(16)17(24)6-7-22-12-19-14-4-2-3-5-15(14)22/h2-5,10,12,16H,6-9,11H2,1H3,(H,20,21)/t16-/m1/s1. The van der Waals surface area contributed by atoms with E-state index in [1.807, 2.05) is 40.7 Å². The lowest BCUT2D eigenvalue weighted by Gasteiger charge is -2.35. The van der Waals surface area contributed by atoms with Crippen LogP contribution in [0.15, 0.2) is 36.8 Å². The first-order chi connectivity index (χ1) is 12.2. The fraction of sp³-hybridized carbons (Fsp3) is 0.389. The predicted molar refractivity (Wildman–Crippen MR) is 92.9 cm³/mol. The average molecular weight is 339 g/mol. The molecule has 130 valence electrons. The summed E-state index contributed by atoms with van der Waals surface area (Å²) in [4.78, 5) is 19.1. The highest BCUT2D eigenvalue weighted by atomic mass is 16.5. The van der Waals surface area contributed by atoms with Gasteiger partial charge in [-0.25, -0.2) is 4.98 Å². The summed E-state index contributed by atoms with van der Waals surface area (Å²) < 4.78 is 7.62. The molecule has 1 atom stereocenters. The van der Waals surface area contributed by atoms with Crippen molar-refractivity contribution in [2.75, 3.05) is 19.8 Å². The van der Waals surface area contributed by atoms with Crippen molar-refractivity contribution in [1.29, 1.82) is 0 Å². The zero-order valence-corrected chi connectivity index (χ0v) is 14.2. The number of ether oxygens (including phenoxy) is 1. The van der Waals surface area contributed by atoms with E-state index in [2.05, 4.69) is 15.2 Å². The molecular formula is C18H21N5O2. The molecule has 7 nitrogen and oxygen atoms in total. The topological polar surface area (TPSA) is 76.0 Å². The van der Waals surface area contributed by atoms with Gasteiger partial charge in [-0.2, -0.15) is 5.10 Å². The smallest absolute Gasteiger partial charge is 0.225 e. The molecule has 2 aromatic heterocycles. The van der Waals surface area contributed by atoms with E-state index in [-0.39, 0.29) is 11.9 Å². The van der Waals surface area contributed by atoms with Gasteiger partial charge < -0.3 is 14.2 Å². The van der Waals surface area contributed by atoms with Crippen molar-refractivity contribution in [3.8, 4) is 0 Å². The molecule has 0 unspecified atom stereocenters. The molecule has 25 heavy (non-hydrogen) atoms. The van der Waals surface area contributed by atoms with Crippen LogP contribution >= 0.6 is 0 Å². The largest absolute Gasteiger partial charge is 0.377 e. The molecule has 3 aromatic rings. The SMILES string of the molecule is Cc1cn[nH]c1[C@H]1COCCN1C(=O)CCn1cnc2ccccc21. The molecule has 0 bridgehead atoms. The van der Waals surface area contributed by atoms with Crippen molar-refractivity contribution >= 4 is 16.9 Å². The van der Waals surface area contributed by atoms with E-state index in [1.165, 1.54) is 0 Å². The number of carbonyl (C=O) groups is 1. The Bertz CT molecular complexity index is 884. The number of amides is 1. The maximum absolute atomic E-state index is 12.8. The second-order valence-electron chi connectivity index (χ2n) is 6.32. The summed E-state index contributed by atoms with van der Waals surface area (Å²) in [6, 6.07) is 7.87. The third-order valence-electron chi connectivity index (χ3n) is 4.74. The number of fused-ring (bicyclic) bond motifs is 1. The number of nitrogens with zero attached hydrogens (tertiary/aromatic N) is 4. The van der Waals surface area contributed by atoms with Crippen LogP contribution in [-0.4, -0.2) is 50.3 Å². The normalized spacial score (nSPS) is 18.0. The van der Waals surface area contributed by atoms with Crippen molar-refractivity contribution in [2.45, 2.75) is 25.9 Å². The molecule has 0 saturated carbocycles. The Morgan fingerprint density at radius 1 is 1.40 bits per heavy atom. The molecule has 1 N–H and O–H groups in total. The summed E-state index contributed by atoms with van der Waals surface area (Å²) in [5.74, 6) is 0.125. The molecule has 1 fully saturated rings. The summed E-state index contributed by atoms with van der Waals surface area (Å²) in [5, 5.41) is 7.10. The van der Waals surface area contributed by atoms with Crippen LogP contribution in [-0.2, 0) is 16.1 Å². The third-order valence-corrected chi connectivity index (χ3v) is 4.74. The number of H-pyrrole nitrogens is 1. The highest BCUT2D eigenvalue weighted by Crippen LogP contribution is 2.25. The molecule has 0 spiro atoms. The number of imidazole rings is 1. The van der Waals surface area contributed by atoms with Crippen molar-refractivity contribution in [2.24, 2.45) is 0 Å². The number of aryl methyl sites for hydroxylation is 2. The molecular weight excluding hydrogens is 318 g/mol. The Hall–Kier alpha value is -2.67. The Morgan fingerprint density at radius 3 is 3.12 bits per heavy atom. The highest BCUT2D eigenvalue weighted by Gasteiger charge is 2.30. The Morgan fingerprint density at radius 2 is 2.28 bits per heavy atom. The summed E-state index contributed by atoms with van der Waals surface area (Å²) in [7, 11) is 0. The zero-order valence-electron chi connectivity index (χ0n) is 14.2. The van der Waals surface area contributed by atoms with Crippen LogP contribution in [0.3, 0.4) is 0 Å². The second kappa shape index (κ2) is 6.68. The van der Waals surface area contributed by atoms with Gasteiger partial charge in [0.05, 0.1) is 48.5 Å². The van der Waals surface area contributed by atoms with Crippen molar-refractivity contribution in [1.82, 2.24) is 24.6 Å². The highest BCUT2D eigenvalue weighted by molar-refractivity contribution is 5.78. The average Bonchev–Trinajstić information content (AvgIpc) is 3.26. The first kappa shape index (κ1) is 15.8. The van der Waals surface area contributed by atoms with Crippen molar-refractivity contribution in [3.05, 3.63) is 48.0 Å². The van der Waals surface area contributed by atoms with E-state index in [1.54, 1.807) is 12.5 Å². The third kappa shape index (κ3) is 3.02. The van der Waals surface area contributed by atoms with E-state index < -0.39 is 0 Å². The molecule has 1 saturated heterocycles. The molecule has 1 amide bonds. The molecule has 0 radical (unpaired) electrons. The van der Waals surface area contributed by atoms with Gasteiger partial charge in [0.1, 0.15) is 0 Å². The van der Waals surface area contributed by atoms with Gasteiger partial charge in [0.15, 0.2) is 0 Å². The number of rotatable bonds is 4. The first-order valence-electron chi connectivity index (χ1n) is 8.51. The van der Waals surface area contributed by atoms with Gasteiger partial charge in [0.25, 0.3) is 0 Å². The number of morpholine rings is 1. The molecule has 4 rings (SSSR count). The number of aromatic nitrogens is 4. The predicted octanol–water partition coefficient (Wildman–Crippen LogP) is 2.06. The summed E-state index contributed by atoms with van der Waals surface area (Å²) in [6.45, 7) is 4.29. The molecule has 3 heterocycles. The van der Waals surface area contributed by atoms with Gasteiger partial charge in [-0.1, -0.05) is 12.1 Å². The van der Waals surface area contributed by atoms with E-state index in [4.69, 9.17) is 4.74 Å². The van der Waals surface area contributed by atoms with Gasteiger partial charge in [-0.15, -0.1) is 0 Å². The van der Waals surface area contributed by atoms with E-state index in [0.29, 0.717) is 32.7 Å². The number of nitrogens with one attached hydrogen (secondary N) is 1. The number of hydrogen-bond donors (Lipinski definition) is 1. The Balaban J connectivity index is 1.48. The van der Waals surface area contributed by atoms with Crippen LogP contribution in [0.25, 0.3) is 11.0 Å². The van der Waals surface area contributed by atoms with Crippen LogP contribution in [0.4, 0.5) is 0 Å². The lowest BCUT2D eigenvalue weighted by Crippen LogP contribution is -2.44. The monoisotopic (exact) mass is 339 g/mol. The quantitative estimate of drug-likeness (QED) is 0.789. The van der Waals surface area contributed by atoms with Gasteiger partial charge in [-0.05, 0) is 24.6 Å². The minimum absolute atomic E-state index is 0.0942. The van der Waals surface area contributed by atoms with Crippen LogP contribution in [0.5, 0.6) is 0 Å². The second-order valence-corrected chi connectivity index (χ2v) is 6.32. The molecule has 1 aliphatic heterocycles. The number of aromatic amines is 1. The Labute approximate surface area is 145 Å². The van der Waals surface area contributed by atoms with Crippen LogP contribution in [0.2, 0.25) is 0 Å². The fourth-order valence-electron chi connectivity index (χ4n) is 3.38. The van der Waals surface area contributed by atoms with Gasteiger partial charge in [0.2, 0.25) is 5.91 Å². The fourth-order valence-corrected chi connectivity index (χ4v) is 3.38. The Kier molecular flexibility index (Phi) is 4.23. The molecule has 7 heteroatoms. The van der Waals surface area contributed by atoms with E-state index in [0.717, 1.165) is 22.3 Å². The van der Waals surface area contributed by atoms with Crippen LogP contribution in [0, 0.1) is 6.92 Å². The lowest BCUT2D eigenvalue weighted by molar-refractivity contribution is -0.140. The molecule has 0 aliphatic carbocycles. The lowest BCUT2D eigenvalue weighted by atomic mass is 10.1. The van der Waals surface area contributed by atoms with Crippen molar-refractivity contribution in [3.63, 3.8) is 0 Å². The summed E-state index contributed by atoms with van der Waals surface area (Å²) in [6.07, 6.45) is 4.02. The number of benzene rings is 1. The summed E-state index contributed by atoms with van der Waals surface area (Å²) in [5.41, 5.74) is 4.01. The molecule has 1 aliphatic rings. The van der Waals surface area contributed by atoms with Gasteiger partial charge in [-0.3, -0.25) is 9.89 Å². The van der Waals surface area contributed by atoms with E-state index >= 15 is 0 Å².